The second-order valence-electron chi connectivity index (χ2n) is 28.1. The summed E-state index contributed by atoms with van der Waals surface area (Å²) in [5.74, 6) is 0.615. The van der Waals surface area contributed by atoms with Crippen LogP contribution in [0, 0.1) is 0 Å². The Balaban J connectivity index is 0.734. The number of aromatic nitrogens is 5. The molecule has 18 aromatic rings. The first-order valence-corrected chi connectivity index (χ1v) is 34.4. The van der Waals surface area contributed by atoms with Crippen molar-refractivity contribution >= 4 is 65.4 Å². The number of para-hydroxylation sites is 2. The van der Waals surface area contributed by atoms with Crippen molar-refractivity contribution in [3.05, 3.63) is 344 Å². The van der Waals surface area contributed by atoms with Crippen LogP contribution in [0.4, 0.5) is 0 Å². The molecule has 14 aromatic carbocycles. The van der Waals surface area contributed by atoms with Gasteiger partial charge in [-0.15, -0.1) is 0 Å². The second-order valence-corrected chi connectivity index (χ2v) is 28.1. The van der Waals surface area contributed by atoms with Crippen LogP contribution in [0.3, 0.4) is 0 Å². The van der Waals surface area contributed by atoms with Crippen LogP contribution in [-0.4, -0.2) is 23.7 Å². The standard InChI is InChI=1S/C94H65N5/c1-93(2)80-27-15-11-23-70(80)72-45-43-68(55-82(72)93)97-86-29-17-13-25-74(86)76-51-64(39-47-88(76)97)66-40-48-89-78(53-66)79-54-67(41-49-90(79)98(89)69-44-46-73-71-24-12-16-28-81(71)94(3,4)83(73)56-69)65-42-50-91-77(52-65)75-26-14-18-30-87(75)99(91)92-95-84(62-35-31-60(32-36-62)58-19-7-5-8-20-58)57-85(96-92)63-37-33-61(34-38-63)59-21-9-6-10-22-59/h5-57H,1-4H3. The van der Waals surface area contributed by atoms with E-state index in [0.29, 0.717) is 5.95 Å². The second kappa shape index (κ2) is 21.5. The van der Waals surface area contributed by atoms with Gasteiger partial charge in [-0.05, 0) is 180 Å². The fourth-order valence-corrected chi connectivity index (χ4v) is 16.9. The third-order valence-electron chi connectivity index (χ3n) is 21.9. The molecule has 0 unspecified atom stereocenters. The quantitative estimate of drug-likeness (QED) is 0.144. The highest BCUT2D eigenvalue weighted by atomic mass is 15.2. The molecule has 2 aliphatic carbocycles. The molecule has 0 spiro atoms. The average molecular weight is 1260 g/mol. The van der Waals surface area contributed by atoms with Gasteiger partial charge in [0.15, 0.2) is 0 Å². The smallest absolute Gasteiger partial charge is 0.235 e. The van der Waals surface area contributed by atoms with E-state index in [-0.39, 0.29) is 10.8 Å². The van der Waals surface area contributed by atoms with Crippen LogP contribution < -0.4 is 0 Å². The minimum absolute atomic E-state index is 0.110. The molecule has 4 aromatic heterocycles. The van der Waals surface area contributed by atoms with E-state index in [1.807, 2.05) is 0 Å². The Kier molecular flexibility index (Phi) is 12.4. The first kappa shape index (κ1) is 56.9. The van der Waals surface area contributed by atoms with E-state index in [9.17, 15) is 0 Å². The zero-order valence-electron chi connectivity index (χ0n) is 55.3. The van der Waals surface area contributed by atoms with Crippen LogP contribution in [0.5, 0.6) is 0 Å². The molecule has 0 bridgehead atoms. The van der Waals surface area contributed by atoms with Gasteiger partial charge < -0.3 is 9.13 Å². The molecule has 5 nitrogen and oxygen atoms in total. The molecule has 466 valence electrons. The molecule has 0 saturated heterocycles. The molecule has 0 radical (unpaired) electrons. The van der Waals surface area contributed by atoms with Gasteiger partial charge >= 0.3 is 0 Å². The van der Waals surface area contributed by atoms with E-state index in [1.165, 1.54) is 105 Å². The van der Waals surface area contributed by atoms with Crippen LogP contribution in [-0.2, 0) is 10.8 Å². The summed E-state index contributed by atoms with van der Waals surface area (Å²) < 4.78 is 7.23. The van der Waals surface area contributed by atoms with Gasteiger partial charge in [0.2, 0.25) is 5.95 Å². The fourth-order valence-electron chi connectivity index (χ4n) is 16.9. The predicted molar refractivity (Wildman–Crippen MR) is 413 cm³/mol. The number of hydrogen-bond donors (Lipinski definition) is 0. The molecule has 0 aliphatic heterocycles. The van der Waals surface area contributed by atoms with E-state index in [1.54, 1.807) is 0 Å². The fraction of sp³-hybridized carbons (Fsp3) is 0.0638. The van der Waals surface area contributed by atoms with Gasteiger partial charge in [-0.2, -0.15) is 0 Å². The van der Waals surface area contributed by atoms with Gasteiger partial charge in [-0.25, -0.2) is 9.97 Å². The largest absolute Gasteiger partial charge is 0.309 e. The molecular formula is C94H65N5. The molecule has 0 amide bonds. The summed E-state index contributed by atoms with van der Waals surface area (Å²) in [7, 11) is 0. The molecule has 0 N–H and O–H groups in total. The minimum atomic E-state index is -0.158. The minimum Gasteiger partial charge on any atom is -0.309 e. The van der Waals surface area contributed by atoms with Crippen molar-refractivity contribution in [3.63, 3.8) is 0 Å². The lowest BCUT2D eigenvalue weighted by molar-refractivity contribution is 0.660. The molecular weight excluding hydrogens is 1200 g/mol. The monoisotopic (exact) mass is 1260 g/mol. The highest BCUT2D eigenvalue weighted by Crippen LogP contribution is 2.52. The van der Waals surface area contributed by atoms with Gasteiger partial charge in [0.05, 0.1) is 44.5 Å². The van der Waals surface area contributed by atoms with Crippen LogP contribution in [0.15, 0.2) is 322 Å². The summed E-state index contributed by atoms with van der Waals surface area (Å²) in [6, 6.07) is 119. The normalized spacial score (nSPS) is 13.4. The Labute approximate surface area is 574 Å². The van der Waals surface area contributed by atoms with Gasteiger partial charge in [0, 0.05) is 65.6 Å². The number of hydrogen-bond acceptors (Lipinski definition) is 2. The van der Waals surface area contributed by atoms with Gasteiger partial charge in [-0.1, -0.05) is 258 Å². The average Bonchev–Trinajstić information content (AvgIpc) is 1.58. The molecule has 0 atom stereocenters. The van der Waals surface area contributed by atoms with Crippen LogP contribution in [0.1, 0.15) is 49.9 Å². The van der Waals surface area contributed by atoms with E-state index in [2.05, 4.69) is 363 Å². The van der Waals surface area contributed by atoms with E-state index < -0.39 is 0 Å². The van der Waals surface area contributed by atoms with Crippen molar-refractivity contribution in [2.75, 3.05) is 0 Å². The molecule has 20 rings (SSSR count). The third kappa shape index (κ3) is 8.73. The highest BCUT2D eigenvalue weighted by Gasteiger charge is 2.37. The summed E-state index contributed by atoms with van der Waals surface area (Å²) in [4.78, 5) is 11.0. The van der Waals surface area contributed by atoms with Crippen molar-refractivity contribution in [2.24, 2.45) is 0 Å². The summed E-state index contributed by atoms with van der Waals surface area (Å²) >= 11 is 0. The van der Waals surface area contributed by atoms with Gasteiger partial charge in [-0.3, -0.25) is 4.57 Å². The number of benzene rings is 14. The molecule has 99 heavy (non-hydrogen) atoms. The zero-order chi connectivity index (χ0) is 65.8. The summed E-state index contributed by atoms with van der Waals surface area (Å²) in [5.41, 5.74) is 32.7. The maximum Gasteiger partial charge on any atom is 0.235 e. The van der Waals surface area contributed by atoms with Crippen molar-refractivity contribution < 1.29 is 0 Å². The molecule has 2 aliphatic rings. The lowest BCUT2D eigenvalue weighted by Crippen LogP contribution is -2.15. The summed E-state index contributed by atoms with van der Waals surface area (Å²) in [6.45, 7) is 9.48. The van der Waals surface area contributed by atoms with E-state index in [0.717, 1.165) is 83.3 Å². The van der Waals surface area contributed by atoms with Crippen molar-refractivity contribution in [3.8, 4) is 107 Å². The first-order chi connectivity index (χ1) is 48.6. The molecule has 5 heteroatoms. The van der Waals surface area contributed by atoms with Crippen molar-refractivity contribution in [1.82, 2.24) is 23.7 Å². The Morgan fingerprint density at radius 1 is 0.212 bits per heavy atom. The Morgan fingerprint density at radius 3 is 0.939 bits per heavy atom. The van der Waals surface area contributed by atoms with E-state index >= 15 is 0 Å². The SMILES string of the molecule is CC1(C)c2ccccc2-c2ccc(-n3c4ccccc4c4cc(-c5ccc6c(c5)c5cc(-c7ccc8c(c7)c7ccccc7n8-c7nc(-c8ccc(-c9ccccc9)cc8)cc(-c8ccc(-c9ccccc9)cc8)n7)ccc5n6-c5ccc6c(c5)C(C)(C)c5ccccc5-6)ccc43)cc21. The Bertz CT molecular complexity index is 6280. The first-order valence-electron chi connectivity index (χ1n) is 34.4. The van der Waals surface area contributed by atoms with Gasteiger partial charge in [0.25, 0.3) is 0 Å². The van der Waals surface area contributed by atoms with Crippen LogP contribution in [0.2, 0.25) is 0 Å². The van der Waals surface area contributed by atoms with E-state index in [4.69, 9.17) is 9.97 Å². The lowest BCUT2D eigenvalue weighted by Gasteiger charge is -2.22. The maximum atomic E-state index is 5.49. The van der Waals surface area contributed by atoms with Gasteiger partial charge in [0.1, 0.15) is 0 Å². The topological polar surface area (TPSA) is 40.6 Å². The summed E-state index contributed by atoms with van der Waals surface area (Å²) in [5, 5.41) is 7.13. The Hall–Kier alpha value is -12.4. The number of nitrogens with zero attached hydrogens (tertiary/aromatic N) is 5. The lowest BCUT2D eigenvalue weighted by atomic mass is 9.82. The molecule has 0 fully saturated rings. The molecule has 4 heterocycles. The Morgan fingerprint density at radius 2 is 0.515 bits per heavy atom. The van der Waals surface area contributed by atoms with Crippen molar-refractivity contribution in [1.29, 1.82) is 0 Å². The predicted octanol–water partition coefficient (Wildman–Crippen LogP) is 24.4. The highest BCUT2D eigenvalue weighted by molar-refractivity contribution is 6.15. The third-order valence-corrected chi connectivity index (χ3v) is 21.9. The van der Waals surface area contributed by atoms with Crippen LogP contribution in [0.25, 0.3) is 172 Å². The zero-order valence-corrected chi connectivity index (χ0v) is 55.3. The number of rotatable bonds is 9. The summed E-state index contributed by atoms with van der Waals surface area (Å²) in [6.07, 6.45) is 0. The maximum absolute atomic E-state index is 5.49. The van der Waals surface area contributed by atoms with Crippen LogP contribution >= 0.6 is 0 Å². The molecule has 0 saturated carbocycles. The van der Waals surface area contributed by atoms with Crippen molar-refractivity contribution in [2.45, 2.75) is 38.5 Å². The number of fused-ring (bicyclic) bond motifs is 15.